The van der Waals surface area contributed by atoms with Crippen molar-refractivity contribution in [3.63, 3.8) is 0 Å². The number of piperidine rings is 1. The van der Waals surface area contributed by atoms with Gasteiger partial charge in [0.25, 0.3) is 0 Å². The highest BCUT2D eigenvalue weighted by molar-refractivity contribution is 5.20. The van der Waals surface area contributed by atoms with Crippen molar-refractivity contribution in [2.24, 2.45) is 5.73 Å². The van der Waals surface area contributed by atoms with E-state index in [1.165, 1.54) is 17.7 Å². The predicted octanol–water partition coefficient (Wildman–Crippen LogP) is 2.37. The second-order valence-electron chi connectivity index (χ2n) is 5.72. The highest BCUT2D eigenvalue weighted by Gasteiger charge is 2.28. The van der Waals surface area contributed by atoms with E-state index in [-0.39, 0.29) is 5.82 Å². The SMILES string of the molecule is COC1CCN(CC(C)c2ccc(F)cc2)C(CN)C1. The van der Waals surface area contributed by atoms with Crippen LogP contribution in [-0.2, 0) is 4.74 Å². The van der Waals surface area contributed by atoms with E-state index in [1.54, 1.807) is 7.11 Å². The summed E-state index contributed by atoms with van der Waals surface area (Å²) in [7, 11) is 1.77. The second-order valence-corrected chi connectivity index (χ2v) is 5.72. The summed E-state index contributed by atoms with van der Waals surface area (Å²) >= 11 is 0. The van der Waals surface area contributed by atoms with Gasteiger partial charge in [0.05, 0.1) is 6.10 Å². The summed E-state index contributed by atoms with van der Waals surface area (Å²) in [6, 6.07) is 7.20. The third kappa shape index (κ3) is 3.78. The Labute approximate surface area is 120 Å². The van der Waals surface area contributed by atoms with Gasteiger partial charge in [-0.15, -0.1) is 0 Å². The van der Waals surface area contributed by atoms with Crippen molar-refractivity contribution in [3.8, 4) is 0 Å². The molecule has 1 fully saturated rings. The lowest BCUT2D eigenvalue weighted by molar-refractivity contribution is 0.0117. The number of nitrogens with zero attached hydrogens (tertiary/aromatic N) is 1. The van der Waals surface area contributed by atoms with Crippen molar-refractivity contribution >= 4 is 0 Å². The number of benzene rings is 1. The van der Waals surface area contributed by atoms with Crippen LogP contribution in [0, 0.1) is 5.82 Å². The molecular weight excluding hydrogens is 255 g/mol. The molecule has 1 aromatic rings. The number of hydrogen-bond acceptors (Lipinski definition) is 3. The highest BCUT2D eigenvalue weighted by Crippen LogP contribution is 2.24. The number of likely N-dealkylation sites (tertiary alicyclic amines) is 1. The van der Waals surface area contributed by atoms with Gasteiger partial charge in [0, 0.05) is 32.8 Å². The quantitative estimate of drug-likeness (QED) is 0.900. The van der Waals surface area contributed by atoms with Crippen LogP contribution in [0.4, 0.5) is 4.39 Å². The molecule has 3 nitrogen and oxygen atoms in total. The van der Waals surface area contributed by atoms with Crippen molar-refractivity contribution < 1.29 is 9.13 Å². The molecule has 1 aromatic carbocycles. The molecule has 1 aliphatic rings. The monoisotopic (exact) mass is 280 g/mol. The lowest BCUT2D eigenvalue weighted by Crippen LogP contribution is -2.49. The first-order valence-corrected chi connectivity index (χ1v) is 7.36. The lowest BCUT2D eigenvalue weighted by Gasteiger charge is -2.39. The summed E-state index contributed by atoms with van der Waals surface area (Å²) in [5.41, 5.74) is 7.07. The van der Waals surface area contributed by atoms with Crippen molar-refractivity contribution in [1.29, 1.82) is 0 Å². The smallest absolute Gasteiger partial charge is 0.123 e. The molecule has 0 aromatic heterocycles. The van der Waals surface area contributed by atoms with Gasteiger partial charge in [-0.25, -0.2) is 4.39 Å². The van der Waals surface area contributed by atoms with Gasteiger partial charge in [-0.3, -0.25) is 4.90 Å². The van der Waals surface area contributed by atoms with Crippen LogP contribution in [-0.4, -0.2) is 43.8 Å². The van der Waals surface area contributed by atoms with Crippen LogP contribution in [0.5, 0.6) is 0 Å². The molecule has 0 amide bonds. The molecule has 0 aliphatic carbocycles. The van der Waals surface area contributed by atoms with Crippen LogP contribution in [0.3, 0.4) is 0 Å². The molecule has 1 aliphatic heterocycles. The fraction of sp³-hybridized carbons (Fsp3) is 0.625. The van der Waals surface area contributed by atoms with Crippen LogP contribution in [0.25, 0.3) is 0 Å². The Kier molecular flexibility index (Phi) is 5.52. The first kappa shape index (κ1) is 15.4. The normalized spacial score (nSPS) is 25.6. The van der Waals surface area contributed by atoms with Gasteiger partial charge in [-0.05, 0) is 36.5 Å². The number of hydrogen-bond donors (Lipinski definition) is 1. The van der Waals surface area contributed by atoms with E-state index >= 15 is 0 Å². The zero-order valence-electron chi connectivity index (χ0n) is 12.4. The molecule has 3 unspecified atom stereocenters. The molecule has 0 saturated carbocycles. The van der Waals surface area contributed by atoms with Crippen molar-refractivity contribution in [1.82, 2.24) is 4.90 Å². The maximum Gasteiger partial charge on any atom is 0.123 e. The minimum atomic E-state index is -0.179. The Balaban J connectivity index is 1.96. The number of halogens is 1. The Hall–Kier alpha value is -0.970. The Morgan fingerprint density at radius 1 is 1.40 bits per heavy atom. The molecule has 2 rings (SSSR count). The maximum atomic E-state index is 13.0. The lowest BCUT2D eigenvalue weighted by atomic mass is 9.95. The summed E-state index contributed by atoms with van der Waals surface area (Å²) in [4.78, 5) is 2.45. The molecule has 0 radical (unpaired) electrons. The van der Waals surface area contributed by atoms with Gasteiger partial charge in [-0.1, -0.05) is 19.1 Å². The van der Waals surface area contributed by atoms with Crippen molar-refractivity contribution in [2.45, 2.75) is 37.8 Å². The third-order valence-electron chi connectivity index (χ3n) is 4.34. The van der Waals surface area contributed by atoms with Crippen LogP contribution < -0.4 is 5.73 Å². The van der Waals surface area contributed by atoms with E-state index in [0.717, 1.165) is 25.9 Å². The third-order valence-corrected chi connectivity index (χ3v) is 4.34. The average Bonchev–Trinajstić information content (AvgIpc) is 2.48. The zero-order chi connectivity index (χ0) is 14.5. The topological polar surface area (TPSA) is 38.5 Å². The number of ether oxygens (including phenoxy) is 1. The van der Waals surface area contributed by atoms with E-state index in [2.05, 4.69) is 11.8 Å². The number of methoxy groups -OCH3 is 1. The van der Waals surface area contributed by atoms with Crippen molar-refractivity contribution in [3.05, 3.63) is 35.6 Å². The Bertz CT molecular complexity index is 409. The fourth-order valence-corrected chi connectivity index (χ4v) is 3.01. The molecule has 4 heteroatoms. The second kappa shape index (κ2) is 7.16. The standard InChI is InChI=1S/C16H25FN2O/c1-12(13-3-5-14(17)6-4-13)11-19-8-7-16(20-2)9-15(19)10-18/h3-6,12,15-16H,7-11,18H2,1-2H3. The van der Waals surface area contributed by atoms with E-state index in [0.29, 0.717) is 24.6 Å². The predicted molar refractivity (Wildman–Crippen MR) is 79.3 cm³/mol. The largest absolute Gasteiger partial charge is 0.381 e. The van der Waals surface area contributed by atoms with Crippen LogP contribution >= 0.6 is 0 Å². The molecule has 0 bridgehead atoms. The van der Waals surface area contributed by atoms with E-state index in [4.69, 9.17) is 10.5 Å². The average molecular weight is 280 g/mol. The Morgan fingerprint density at radius 2 is 2.10 bits per heavy atom. The highest BCUT2D eigenvalue weighted by atomic mass is 19.1. The minimum absolute atomic E-state index is 0.179. The minimum Gasteiger partial charge on any atom is -0.381 e. The van der Waals surface area contributed by atoms with Gasteiger partial charge in [0.2, 0.25) is 0 Å². The first-order chi connectivity index (χ1) is 9.63. The van der Waals surface area contributed by atoms with Gasteiger partial charge in [0.1, 0.15) is 5.82 Å². The summed E-state index contributed by atoms with van der Waals surface area (Å²) < 4.78 is 18.4. The van der Waals surface area contributed by atoms with E-state index in [9.17, 15) is 4.39 Å². The molecular formula is C16H25FN2O. The van der Waals surface area contributed by atoms with Crippen LogP contribution in [0.15, 0.2) is 24.3 Å². The van der Waals surface area contributed by atoms with Gasteiger partial charge in [0.15, 0.2) is 0 Å². The molecule has 112 valence electrons. The van der Waals surface area contributed by atoms with Gasteiger partial charge in [-0.2, -0.15) is 0 Å². The fourth-order valence-electron chi connectivity index (χ4n) is 3.01. The van der Waals surface area contributed by atoms with E-state index in [1.807, 2.05) is 12.1 Å². The maximum absolute atomic E-state index is 13.0. The van der Waals surface area contributed by atoms with Gasteiger partial charge < -0.3 is 10.5 Å². The molecule has 2 N–H and O–H groups in total. The molecule has 1 saturated heterocycles. The van der Waals surface area contributed by atoms with Gasteiger partial charge >= 0.3 is 0 Å². The Morgan fingerprint density at radius 3 is 2.70 bits per heavy atom. The first-order valence-electron chi connectivity index (χ1n) is 7.36. The van der Waals surface area contributed by atoms with Crippen LogP contribution in [0.1, 0.15) is 31.2 Å². The molecule has 0 spiro atoms. The summed E-state index contributed by atoms with van der Waals surface area (Å²) in [5.74, 6) is 0.199. The molecule has 1 heterocycles. The zero-order valence-corrected chi connectivity index (χ0v) is 12.4. The summed E-state index contributed by atoms with van der Waals surface area (Å²) in [6.45, 7) is 4.83. The summed E-state index contributed by atoms with van der Waals surface area (Å²) in [5, 5.41) is 0. The molecule has 3 atom stereocenters. The number of nitrogens with two attached hydrogens (primary N) is 1. The molecule has 20 heavy (non-hydrogen) atoms. The van der Waals surface area contributed by atoms with Crippen molar-refractivity contribution in [2.75, 3.05) is 26.7 Å². The van der Waals surface area contributed by atoms with E-state index < -0.39 is 0 Å². The number of rotatable bonds is 5. The summed E-state index contributed by atoms with van der Waals surface area (Å²) in [6.07, 6.45) is 2.40. The van der Waals surface area contributed by atoms with Crippen LogP contribution in [0.2, 0.25) is 0 Å².